The maximum Gasteiger partial charge on any atom is 0.222 e. The number of nitrogen functional groups attached to an aromatic ring is 2. The largest absolute Gasteiger partial charge is 0.383 e. The average Bonchev–Trinajstić information content (AvgIpc) is 2.39. The highest BCUT2D eigenvalue weighted by molar-refractivity contribution is 5.91. The van der Waals surface area contributed by atoms with Gasteiger partial charge in [-0.2, -0.15) is 4.98 Å². The van der Waals surface area contributed by atoms with Crippen molar-refractivity contribution >= 4 is 22.7 Å². The van der Waals surface area contributed by atoms with Crippen molar-refractivity contribution in [3.05, 3.63) is 48.3 Å². The predicted octanol–water partition coefficient (Wildman–Crippen LogP) is 1.14. The smallest absolute Gasteiger partial charge is 0.222 e. The Morgan fingerprint density at radius 1 is 1.16 bits per heavy atom. The molecule has 0 bridgehead atoms. The average molecular weight is 254 g/mol. The summed E-state index contributed by atoms with van der Waals surface area (Å²) in [6.07, 6.45) is 7.70. The van der Waals surface area contributed by atoms with Gasteiger partial charge in [0.15, 0.2) is 0 Å². The molecule has 2 heterocycles. The monoisotopic (exact) mass is 254 g/mol. The zero-order valence-electron chi connectivity index (χ0n) is 10.2. The van der Waals surface area contributed by atoms with Crippen molar-refractivity contribution in [1.82, 2.24) is 20.4 Å². The number of hydrogen-bond donors (Lipinski definition) is 3. The first kappa shape index (κ1) is 11.3. The molecule has 1 aromatic carbocycles. The fourth-order valence-corrected chi connectivity index (χ4v) is 2.11. The van der Waals surface area contributed by atoms with Crippen molar-refractivity contribution < 1.29 is 0 Å². The van der Waals surface area contributed by atoms with E-state index in [1.807, 2.05) is 47.8 Å². The Balaban J connectivity index is 2.03. The molecule has 5 N–H and O–H groups in total. The SMILES string of the molecule is Nc1nc(N)c2c(CN3C=CC=CN3)cccc2n1. The Hall–Kier alpha value is -2.76. The van der Waals surface area contributed by atoms with E-state index in [9.17, 15) is 0 Å². The van der Waals surface area contributed by atoms with Gasteiger partial charge in [-0.15, -0.1) is 0 Å². The molecule has 0 saturated carbocycles. The molecule has 1 aliphatic rings. The molecule has 1 aliphatic heterocycles. The topological polar surface area (TPSA) is 93.1 Å². The molecular weight excluding hydrogens is 240 g/mol. The van der Waals surface area contributed by atoms with E-state index >= 15 is 0 Å². The van der Waals surface area contributed by atoms with Crippen molar-refractivity contribution in [3.8, 4) is 0 Å². The first-order chi connectivity index (χ1) is 9.24. The number of rotatable bonds is 2. The number of anilines is 2. The van der Waals surface area contributed by atoms with Crippen molar-refractivity contribution in [3.63, 3.8) is 0 Å². The summed E-state index contributed by atoms with van der Waals surface area (Å²) in [7, 11) is 0. The first-order valence-electron chi connectivity index (χ1n) is 5.91. The molecule has 3 rings (SSSR count). The third kappa shape index (κ3) is 2.15. The van der Waals surface area contributed by atoms with Crippen LogP contribution in [0, 0.1) is 0 Å². The lowest BCUT2D eigenvalue weighted by molar-refractivity contribution is 0.305. The Kier molecular flexibility index (Phi) is 2.68. The van der Waals surface area contributed by atoms with Gasteiger partial charge in [0.2, 0.25) is 5.95 Å². The minimum atomic E-state index is 0.195. The summed E-state index contributed by atoms with van der Waals surface area (Å²) in [6, 6.07) is 5.83. The number of hydrazine groups is 1. The Morgan fingerprint density at radius 2 is 2.05 bits per heavy atom. The van der Waals surface area contributed by atoms with Crippen LogP contribution in [0.1, 0.15) is 5.56 Å². The lowest BCUT2D eigenvalue weighted by Gasteiger charge is -2.23. The number of nitrogens with two attached hydrogens (primary N) is 2. The third-order valence-corrected chi connectivity index (χ3v) is 2.91. The van der Waals surface area contributed by atoms with E-state index in [4.69, 9.17) is 11.5 Å². The minimum Gasteiger partial charge on any atom is -0.383 e. The number of aromatic nitrogens is 2. The van der Waals surface area contributed by atoms with Gasteiger partial charge in [-0.25, -0.2) is 4.98 Å². The van der Waals surface area contributed by atoms with Crippen LogP contribution in [-0.2, 0) is 6.54 Å². The Bertz CT molecular complexity index is 676. The van der Waals surface area contributed by atoms with Gasteiger partial charge >= 0.3 is 0 Å². The summed E-state index contributed by atoms with van der Waals surface area (Å²) in [5, 5.41) is 2.80. The molecule has 0 amide bonds. The van der Waals surface area contributed by atoms with Gasteiger partial charge in [0.05, 0.1) is 12.1 Å². The molecule has 0 unspecified atom stereocenters. The number of nitrogens with zero attached hydrogens (tertiary/aromatic N) is 3. The molecule has 2 aromatic rings. The van der Waals surface area contributed by atoms with Gasteiger partial charge in [-0.1, -0.05) is 12.1 Å². The number of fused-ring (bicyclic) bond motifs is 1. The lowest BCUT2D eigenvalue weighted by Crippen LogP contribution is -2.29. The molecule has 6 heteroatoms. The highest BCUT2D eigenvalue weighted by Gasteiger charge is 2.10. The summed E-state index contributed by atoms with van der Waals surface area (Å²) >= 11 is 0. The maximum absolute atomic E-state index is 5.96. The van der Waals surface area contributed by atoms with Crippen LogP contribution in [0.3, 0.4) is 0 Å². The standard InChI is InChI=1S/C13H14N6/c14-12-11-9(8-19-7-2-1-6-16-19)4-3-5-10(11)17-13(15)18-12/h1-7,16H,8H2,(H4,14,15,17,18). The predicted molar refractivity (Wildman–Crippen MR) is 75.3 cm³/mol. The molecule has 0 atom stereocenters. The Morgan fingerprint density at radius 3 is 2.84 bits per heavy atom. The van der Waals surface area contributed by atoms with Crippen LogP contribution < -0.4 is 16.9 Å². The molecule has 0 fully saturated rings. The fourth-order valence-electron chi connectivity index (χ4n) is 2.11. The van der Waals surface area contributed by atoms with Crippen LogP contribution in [0.2, 0.25) is 0 Å². The second kappa shape index (κ2) is 4.49. The van der Waals surface area contributed by atoms with Crippen LogP contribution in [0.25, 0.3) is 10.9 Å². The molecule has 0 aliphatic carbocycles. The zero-order chi connectivity index (χ0) is 13.2. The van der Waals surface area contributed by atoms with Crippen molar-refractivity contribution in [2.24, 2.45) is 0 Å². The zero-order valence-corrected chi connectivity index (χ0v) is 10.2. The number of benzene rings is 1. The van der Waals surface area contributed by atoms with E-state index < -0.39 is 0 Å². The van der Waals surface area contributed by atoms with E-state index in [1.54, 1.807) is 0 Å². The molecule has 6 nitrogen and oxygen atoms in total. The highest BCUT2D eigenvalue weighted by Crippen LogP contribution is 2.24. The summed E-state index contributed by atoms with van der Waals surface area (Å²) in [6.45, 7) is 0.662. The van der Waals surface area contributed by atoms with Crippen LogP contribution in [0.15, 0.2) is 42.8 Å². The molecule has 19 heavy (non-hydrogen) atoms. The molecule has 96 valence electrons. The molecule has 0 radical (unpaired) electrons. The van der Waals surface area contributed by atoms with Gasteiger partial charge in [0.25, 0.3) is 0 Å². The van der Waals surface area contributed by atoms with Gasteiger partial charge in [0, 0.05) is 17.8 Å². The molecule has 0 spiro atoms. The van der Waals surface area contributed by atoms with E-state index in [0.717, 1.165) is 16.5 Å². The van der Waals surface area contributed by atoms with Crippen LogP contribution in [0.5, 0.6) is 0 Å². The molecule has 0 saturated heterocycles. The number of allylic oxidation sites excluding steroid dienone is 2. The van der Waals surface area contributed by atoms with Gasteiger partial charge in [-0.05, 0) is 23.8 Å². The van der Waals surface area contributed by atoms with Gasteiger partial charge < -0.3 is 16.9 Å². The summed E-state index contributed by atoms with van der Waals surface area (Å²) in [5.74, 6) is 0.607. The van der Waals surface area contributed by atoms with E-state index in [1.165, 1.54) is 0 Å². The quantitative estimate of drug-likeness (QED) is 0.744. The fraction of sp³-hybridized carbons (Fsp3) is 0.0769. The second-order valence-electron chi connectivity index (χ2n) is 4.24. The van der Waals surface area contributed by atoms with Crippen molar-refractivity contribution in [2.45, 2.75) is 6.54 Å². The van der Waals surface area contributed by atoms with Crippen molar-refractivity contribution in [1.29, 1.82) is 0 Å². The van der Waals surface area contributed by atoms with Crippen LogP contribution in [-0.4, -0.2) is 15.0 Å². The Labute approximate surface area is 110 Å². The number of nitrogens with one attached hydrogen (secondary N) is 1. The van der Waals surface area contributed by atoms with Crippen LogP contribution >= 0.6 is 0 Å². The van der Waals surface area contributed by atoms with E-state index in [2.05, 4.69) is 15.4 Å². The summed E-state index contributed by atoms with van der Waals surface area (Å²) < 4.78 is 0. The van der Waals surface area contributed by atoms with E-state index in [-0.39, 0.29) is 5.95 Å². The van der Waals surface area contributed by atoms with Gasteiger partial charge in [0.1, 0.15) is 5.82 Å². The lowest BCUT2D eigenvalue weighted by atomic mass is 10.1. The molecular formula is C13H14N6. The minimum absolute atomic E-state index is 0.195. The maximum atomic E-state index is 5.96. The summed E-state index contributed by atoms with van der Waals surface area (Å²) in [5.41, 5.74) is 16.5. The number of hydrogen-bond acceptors (Lipinski definition) is 6. The molecule has 1 aromatic heterocycles. The highest BCUT2D eigenvalue weighted by atomic mass is 15.5. The van der Waals surface area contributed by atoms with Crippen molar-refractivity contribution in [2.75, 3.05) is 11.5 Å². The van der Waals surface area contributed by atoms with Crippen LogP contribution in [0.4, 0.5) is 11.8 Å². The normalized spacial score (nSPS) is 13.8. The van der Waals surface area contributed by atoms with Gasteiger partial charge in [-0.3, -0.25) is 5.01 Å². The second-order valence-corrected chi connectivity index (χ2v) is 4.24. The van der Waals surface area contributed by atoms with E-state index in [0.29, 0.717) is 12.4 Å². The first-order valence-corrected chi connectivity index (χ1v) is 5.91. The summed E-state index contributed by atoms with van der Waals surface area (Å²) in [4.78, 5) is 8.23. The third-order valence-electron chi connectivity index (χ3n) is 2.91.